The van der Waals surface area contributed by atoms with Crippen LogP contribution in [0, 0.1) is 5.41 Å². The van der Waals surface area contributed by atoms with Crippen molar-refractivity contribution in [2.45, 2.75) is 19.3 Å². The van der Waals surface area contributed by atoms with Gasteiger partial charge >= 0.3 is 5.97 Å². The predicted molar refractivity (Wildman–Crippen MR) is 141 cm³/mol. The molecule has 0 bridgehead atoms. The summed E-state index contributed by atoms with van der Waals surface area (Å²) in [7, 11) is 1.96. The second kappa shape index (κ2) is 11.8. The Labute approximate surface area is 212 Å². The Hall–Kier alpha value is -3.68. The fourth-order valence-corrected chi connectivity index (χ4v) is 4.81. The van der Waals surface area contributed by atoms with Gasteiger partial charge in [-0.1, -0.05) is 30.3 Å². The van der Waals surface area contributed by atoms with Crippen molar-refractivity contribution in [1.29, 1.82) is 0 Å². The van der Waals surface area contributed by atoms with Crippen LogP contribution < -0.4 is 15.4 Å². The van der Waals surface area contributed by atoms with Gasteiger partial charge in [-0.15, -0.1) is 0 Å². The van der Waals surface area contributed by atoms with Crippen molar-refractivity contribution in [2.75, 3.05) is 38.5 Å². The Bertz CT molecular complexity index is 1140. The number of hydrogen-bond donors (Lipinski definition) is 3. The molecule has 7 nitrogen and oxygen atoms in total. The molecular formula is C29H33N3O4. The van der Waals surface area contributed by atoms with E-state index in [-0.39, 0.29) is 11.3 Å². The van der Waals surface area contributed by atoms with E-state index >= 15 is 0 Å². The van der Waals surface area contributed by atoms with E-state index in [4.69, 9.17) is 9.84 Å². The van der Waals surface area contributed by atoms with Crippen molar-refractivity contribution in [1.82, 2.24) is 10.2 Å². The summed E-state index contributed by atoms with van der Waals surface area (Å²) in [5, 5.41) is 15.5. The first-order valence-corrected chi connectivity index (χ1v) is 12.3. The molecule has 3 N–H and O–H groups in total. The van der Waals surface area contributed by atoms with E-state index in [0.717, 1.165) is 55.9 Å². The molecule has 7 heteroatoms. The SMILES string of the molecule is CNCC1(Cc2ccc(C(=O)O)cc2)CCN(CC(=O)Nc2ccc(Oc3ccccc3)cc2)CC1. The van der Waals surface area contributed by atoms with Gasteiger partial charge in [0.05, 0.1) is 12.1 Å². The zero-order chi connectivity index (χ0) is 25.4. The second-order valence-corrected chi connectivity index (χ2v) is 9.47. The molecule has 0 radical (unpaired) electrons. The van der Waals surface area contributed by atoms with Gasteiger partial charge in [-0.05, 0) is 98.9 Å². The summed E-state index contributed by atoms with van der Waals surface area (Å²) in [5.41, 5.74) is 2.27. The maximum absolute atomic E-state index is 12.7. The number of para-hydroxylation sites is 1. The van der Waals surface area contributed by atoms with E-state index in [2.05, 4.69) is 15.5 Å². The molecule has 0 unspecified atom stereocenters. The Balaban J connectivity index is 1.27. The van der Waals surface area contributed by atoms with Crippen LogP contribution in [0.4, 0.5) is 5.69 Å². The van der Waals surface area contributed by atoms with Crippen molar-refractivity contribution in [2.24, 2.45) is 5.41 Å². The van der Waals surface area contributed by atoms with Crippen LogP contribution in [0.3, 0.4) is 0 Å². The zero-order valence-corrected chi connectivity index (χ0v) is 20.6. The standard InChI is InChI=1S/C29H33N3O4/c1-30-21-29(19-22-7-9-23(10-8-22)28(34)35)15-17-32(18-16-29)20-27(33)31-24-11-13-26(14-12-24)36-25-5-3-2-4-6-25/h2-14,30H,15-21H2,1H3,(H,31,33)(H,34,35). The molecule has 0 saturated carbocycles. The molecule has 1 aliphatic heterocycles. The number of nitrogens with zero attached hydrogens (tertiary/aromatic N) is 1. The molecule has 3 aromatic carbocycles. The van der Waals surface area contributed by atoms with Crippen LogP contribution in [0.25, 0.3) is 0 Å². The first-order chi connectivity index (χ1) is 17.4. The molecule has 0 aromatic heterocycles. The summed E-state index contributed by atoms with van der Waals surface area (Å²) in [4.78, 5) is 26.0. The third-order valence-electron chi connectivity index (χ3n) is 6.73. The minimum atomic E-state index is -0.908. The third-order valence-corrected chi connectivity index (χ3v) is 6.73. The molecule has 3 aromatic rings. The normalized spacial score (nSPS) is 15.2. The van der Waals surface area contributed by atoms with Crippen molar-refractivity contribution >= 4 is 17.6 Å². The zero-order valence-electron chi connectivity index (χ0n) is 20.6. The van der Waals surface area contributed by atoms with E-state index in [0.29, 0.717) is 17.9 Å². The largest absolute Gasteiger partial charge is 0.478 e. The number of anilines is 1. The molecule has 0 aliphatic carbocycles. The topological polar surface area (TPSA) is 90.9 Å². The van der Waals surface area contributed by atoms with Crippen LogP contribution in [-0.4, -0.2) is 55.1 Å². The van der Waals surface area contributed by atoms with Gasteiger partial charge in [0.15, 0.2) is 0 Å². The van der Waals surface area contributed by atoms with Gasteiger partial charge in [-0.3, -0.25) is 9.69 Å². The van der Waals surface area contributed by atoms with Gasteiger partial charge in [0, 0.05) is 12.2 Å². The molecule has 1 aliphatic rings. The second-order valence-electron chi connectivity index (χ2n) is 9.47. The van der Waals surface area contributed by atoms with E-state index in [1.807, 2.05) is 73.8 Å². The molecule has 1 heterocycles. The average molecular weight is 488 g/mol. The molecule has 1 amide bonds. The summed E-state index contributed by atoms with van der Waals surface area (Å²) in [5.74, 6) is 0.548. The van der Waals surface area contributed by atoms with Crippen LogP contribution in [0.15, 0.2) is 78.9 Å². The number of rotatable bonds is 10. The number of amides is 1. The van der Waals surface area contributed by atoms with Crippen LogP contribution in [0.5, 0.6) is 11.5 Å². The summed E-state index contributed by atoms with van der Waals surface area (Å²) in [6.45, 7) is 2.91. The Kier molecular flexibility index (Phi) is 8.36. The maximum atomic E-state index is 12.7. The minimum Gasteiger partial charge on any atom is -0.478 e. The first kappa shape index (κ1) is 25.4. The lowest BCUT2D eigenvalue weighted by molar-refractivity contribution is -0.117. The van der Waals surface area contributed by atoms with Gasteiger partial charge in [0.1, 0.15) is 11.5 Å². The van der Waals surface area contributed by atoms with Crippen LogP contribution in [-0.2, 0) is 11.2 Å². The smallest absolute Gasteiger partial charge is 0.335 e. The van der Waals surface area contributed by atoms with Gasteiger partial charge < -0.3 is 20.5 Å². The molecule has 36 heavy (non-hydrogen) atoms. The van der Waals surface area contributed by atoms with Crippen molar-refractivity contribution in [3.63, 3.8) is 0 Å². The number of hydrogen-bond acceptors (Lipinski definition) is 5. The number of nitrogens with one attached hydrogen (secondary N) is 2. The number of aromatic carboxylic acids is 1. The van der Waals surface area contributed by atoms with Crippen molar-refractivity contribution < 1.29 is 19.4 Å². The number of likely N-dealkylation sites (tertiary alicyclic amines) is 1. The Morgan fingerprint density at radius 3 is 2.17 bits per heavy atom. The van der Waals surface area contributed by atoms with Gasteiger partial charge in [-0.2, -0.15) is 0 Å². The summed E-state index contributed by atoms with van der Waals surface area (Å²) < 4.78 is 5.81. The van der Waals surface area contributed by atoms with Crippen molar-refractivity contribution in [3.8, 4) is 11.5 Å². The molecule has 1 saturated heterocycles. The summed E-state index contributed by atoms with van der Waals surface area (Å²) in [6.07, 6.45) is 2.81. The Morgan fingerprint density at radius 1 is 0.917 bits per heavy atom. The quantitative estimate of drug-likeness (QED) is 0.385. The van der Waals surface area contributed by atoms with Crippen molar-refractivity contribution in [3.05, 3.63) is 90.0 Å². The molecule has 0 spiro atoms. The van der Waals surface area contributed by atoms with Crippen LogP contribution >= 0.6 is 0 Å². The van der Waals surface area contributed by atoms with E-state index in [1.165, 1.54) is 0 Å². The number of ether oxygens (including phenoxy) is 1. The van der Waals surface area contributed by atoms with Gasteiger partial charge in [-0.25, -0.2) is 4.79 Å². The van der Waals surface area contributed by atoms with E-state index in [9.17, 15) is 9.59 Å². The summed E-state index contributed by atoms with van der Waals surface area (Å²) in [6, 6.07) is 24.1. The average Bonchev–Trinajstić information content (AvgIpc) is 2.88. The molecule has 188 valence electrons. The van der Waals surface area contributed by atoms with Crippen LogP contribution in [0.2, 0.25) is 0 Å². The fourth-order valence-electron chi connectivity index (χ4n) is 4.81. The molecule has 4 rings (SSSR count). The lowest BCUT2D eigenvalue weighted by Gasteiger charge is -2.42. The third kappa shape index (κ3) is 6.93. The van der Waals surface area contributed by atoms with Crippen LogP contribution in [0.1, 0.15) is 28.8 Å². The fraction of sp³-hybridized carbons (Fsp3) is 0.310. The highest BCUT2D eigenvalue weighted by Gasteiger charge is 2.34. The predicted octanol–water partition coefficient (Wildman–Crippen LogP) is 4.66. The van der Waals surface area contributed by atoms with Gasteiger partial charge in [0.25, 0.3) is 0 Å². The lowest BCUT2D eigenvalue weighted by Crippen LogP contribution is -2.47. The Morgan fingerprint density at radius 2 is 1.56 bits per heavy atom. The highest BCUT2D eigenvalue weighted by molar-refractivity contribution is 5.92. The number of carboxylic acids is 1. The molecule has 0 atom stereocenters. The number of carbonyl (C=O) groups is 2. The number of carboxylic acid groups (broad SMARTS) is 1. The maximum Gasteiger partial charge on any atom is 0.335 e. The first-order valence-electron chi connectivity index (χ1n) is 12.3. The monoisotopic (exact) mass is 487 g/mol. The molecular weight excluding hydrogens is 454 g/mol. The number of piperidine rings is 1. The number of benzene rings is 3. The minimum absolute atomic E-state index is 0.0305. The molecule has 1 fully saturated rings. The lowest BCUT2D eigenvalue weighted by atomic mass is 9.73. The summed E-state index contributed by atoms with van der Waals surface area (Å²) >= 11 is 0. The van der Waals surface area contributed by atoms with E-state index in [1.54, 1.807) is 12.1 Å². The van der Waals surface area contributed by atoms with E-state index < -0.39 is 5.97 Å². The highest BCUT2D eigenvalue weighted by Crippen LogP contribution is 2.35. The number of carbonyl (C=O) groups excluding carboxylic acids is 1. The highest BCUT2D eigenvalue weighted by atomic mass is 16.5. The van der Waals surface area contributed by atoms with Gasteiger partial charge in [0.2, 0.25) is 5.91 Å².